The molecule has 2 nitrogen and oxygen atoms in total. The summed E-state index contributed by atoms with van der Waals surface area (Å²) >= 11 is 0. The second-order valence-electron chi connectivity index (χ2n) is 7.75. The molecule has 1 rings (SSSR count). The average Bonchev–Trinajstić information content (AvgIpc) is 2.22. The summed E-state index contributed by atoms with van der Waals surface area (Å²) in [4.78, 5) is 0. The molecule has 0 saturated heterocycles. The van der Waals surface area contributed by atoms with Gasteiger partial charge >= 0.3 is 0 Å². The number of nitrogens with one attached hydrogen (secondary N) is 1. The first-order valence-corrected chi connectivity index (χ1v) is 7.48. The Morgan fingerprint density at radius 2 is 1.61 bits per heavy atom. The van der Waals surface area contributed by atoms with E-state index in [9.17, 15) is 0 Å². The Morgan fingerprint density at radius 1 is 1.11 bits per heavy atom. The predicted octanol–water partition coefficient (Wildman–Crippen LogP) is 4.00. The summed E-state index contributed by atoms with van der Waals surface area (Å²) in [5.41, 5.74) is 0.736. The van der Waals surface area contributed by atoms with Gasteiger partial charge in [-0.3, -0.25) is 0 Å². The zero-order valence-electron chi connectivity index (χ0n) is 13.5. The summed E-state index contributed by atoms with van der Waals surface area (Å²) in [6.45, 7) is 14.6. The Morgan fingerprint density at radius 3 is 1.94 bits per heavy atom. The van der Waals surface area contributed by atoms with E-state index in [0.29, 0.717) is 11.5 Å². The zero-order valence-corrected chi connectivity index (χ0v) is 13.5. The Hall–Kier alpha value is -0.0800. The second kappa shape index (κ2) is 5.50. The van der Waals surface area contributed by atoms with Gasteiger partial charge < -0.3 is 10.1 Å². The molecule has 0 radical (unpaired) electrons. The minimum atomic E-state index is 0.0251. The van der Waals surface area contributed by atoms with Gasteiger partial charge in [-0.05, 0) is 50.5 Å². The van der Waals surface area contributed by atoms with E-state index in [0.717, 1.165) is 6.61 Å². The molecule has 2 heteroatoms. The molecule has 1 saturated carbocycles. The Labute approximate surface area is 114 Å². The molecule has 0 bridgehead atoms. The van der Waals surface area contributed by atoms with Crippen molar-refractivity contribution in [2.45, 2.75) is 78.9 Å². The Balaban J connectivity index is 2.94. The van der Waals surface area contributed by atoms with Gasteiger partial charge in [0.15, 0.2) is 0 Å². The topological polar surface area (TPSA) is 21.3 Å². The van der Waals surface area contributed by atoms with Gasteiger partial charge in [0.1, 0.15) is 0 Å². The lowest BCUT2D eigenvalue weighted by Crippen LogP contribution is -2.59. The lowest BCUT2D eigenvalue weighted by Gasteiger charge is -2.51. The van der Waals surface area contributed by atoms with Crippen LogP contribution in [0, 0.1) is 10.8 Å². The quantitative estimate of drug-likeness (QED) is 0.820. The molecule has 0 amide bonds. The molecule has 1 N–H and O–H groups in total. The van der Waals surface area contributed by atoms with Crippen LogP contribution in [-0.2, 0) is 4.74 Å². The van der Waals surface area contributed by atoms with Crippen molar-refractivity contribution >= 4 is 0 Å². The molecule has 0 heterocycles. The molecular formula is C16H33NO. The number of ether oxygens (including phenoxy) is 1. The number of hydrogen-bond donors (Lipinski definition) is 1. The van der Waals surface area contributed by atoms with Crippen LogP contribution in [0.2, 0.25) is 0 Å². The Bertz CT molecular complexity index is 255. The minimum Gasteiger partial charge on any atom is -0.374 e. The van der Waals surface area contributed by atoms with Crippen LogP contribution >= 0.6 is 0 Å². The molecule has 1 fully saturated rings. The van der Waals surface area contributed by atoms with Gasteiger partial charge in [-0.25, -0.2) is 0 Å². The highest BCUT2D eigenvalue weighted by atomic mass is 16.5. The molecule has 1 aliphatic carbocycles. The van der Waals surface area contributed by atoms with Crippen LogP contribution < -0.4 is 5.32 Å². The molecule has 108 valence electrons. The van der Waals surface area contributed by atoms with Crippen LogP contribution in [0.4, 0.5) is 0 Å². The fourth-order valence-corrected chi connectivity index (χ4v) is 3.64. The van der Waals surface area contributed by atoms with E-state index in [1.165, 1.54) is 25.7 Å². The van der Waals surface area contributed by atoms with Crippen LogP contribution in [0.15, 0.2) is 0 Å². The first-order chi connectivity index (χ1) is 8.17. The highest BCUT2D eigenvalue weighted by Gasteiger charge is 2.48. The van der Waals surface area contributed by atoms with Crippen LogP contribution in [0.25, 0.3) is 0 Å². The Kier molecular flexibility index (Phi) is 4.88. The monoisotopic (exact) mass is 255 g/mol. The van der Waals surface area contributed by atoms with Crippen LogP contribution in [0.5, 0.6) is 0 Å². The molecule has 0 aromatic carbocycles. The minimum absolute atomic E-state index is 0.0251. The molecule has 0 aliphatic heterocycles. The molecule has 1 unspecified atom stereocenters. The van der Waals surface area contributed by atoms with Crippen molar-refractivity contribution < 1.29 is 4.74 Å². The number of likely N-dealkylation sites (N-methyl/N-ethyl adjacent to an activating group) is 1. The van der Waals surface area contributed by atoms with E-state index in [1.807, 2.05) is 0 Å². The fourth-order valence-electron chi connectivity index (χ4n) is 3.64. The fraction of sp³-hybridized carbons (Fsp3) is 1.00. The highest BCUT2D eigenvalue weighted by Crippen LogP contribution is 2.46. The molecule has 0 aromatic heterocycles. The van der Waals surface area contributed by atoms with E-state index >= 15 is 0 Å². The van der Waals surface area contributed by atoms with Crippen LogP contribution in [0.1, 0.15) is 67.2 Å². The highest BCUT2D eigenvalue weighted by molar-refractivity contribution is 5.02. The number of hydrogen-bond acceptors (Lipinski definition) is 2. The molecular weight excluding hydrogens is 222 g/mol. The average molecular weight is 255 g/mol. The van der Waals surface area contributed by atoms with Crippen LogP contribution in [0.3, 0.4) is 0 Å². The van der Waals surface area contributed by atoms with Gasteiger partial charge in [0.25, 0.3) is 0 Å². The lowest BCUT2D eigenvalue weighted by molar-refractivity contribution is -0.125. The van der Waals surface area contributed by atoms with Gasteiger partial charge in [0.05, 0.1) is 5.60 Å². The smallest absolute Gasteiger partial charge is 0.0840 e. The van der Waals surface area contributed by atoms with E-state index in [-0.39, 0.29) is 11.0 Å². The van der Waals surface area contributed by atoms with Gasteiger partial charge in [-0.1, -0.05) is 34.6 Å². The first kappa shape index (κ1) is 16.0. The molecule has 1 atom stereocenters. The van der Waals surface area contributed by atoms with Crippen molar-refractivity contribution in [2.75, 3.05) is 13.7 Å². The summed E-state index contributed by atoms with van der Waals surface area (Å²) in [5.74, 6) is 0. The van der Waals surface area contributed by atoms with Crippen molar-refractivity contribution in [2.24, 2.45) is 10.8 Å². The van der Waals surface area contributed by atoms with Gasteiger partial charge in [-0.15, -0.1) is 0 Å². The van der Waals surface area contributed by atoms with E-state index in [1.54, 1.807) is 0 Å². The molecule has 18 heavy (non-hydrogen) atoms. The third kappa shape index (κ3) is 3.48. The summed E-state index contributed by atoms with van der Waals surface area (Å²) in [7, 11) is 2.08. The van der Waals surface area contributed by atoms with E-state index < -0.39 is 0 Å². The third-order valence-electron chi connectivity index (χ3n) is 4.56. The van der Waals surface area contributed by atoms with E-state index in [2.05, 4.69) is 53.9 Å². The standard InChI is InChI=1S/C16H33NO/c1-8-18-16(13(17-7)14(2,3)4)11-9-15(5,6)10-12-16/h13,17H,8-12H2,1-7H3. The molecule has 0 aromatic rings. The largest absolute Gasteiger partial charge is 0.374 e. The maximum Gasteiger partial charge on any atom is 0.0840 e. The second-order valence-corrected chi connectivity index (χ2v) is 7.75. The molecule has 0 spiro atoms. The lowest BCUT2D eigenvalue weighted by atomic mass is 9.64. The first-order valence-electron chi connectivity index (χ1n) is 7.48. The summed E-state index contributed by atoms with van der Waals surface area (Å²) < 4.78 is 6.28. The normalized spacial score (nSPS) is 24.8. The maximum absolute atomic E-state index is 6.28. The van der Waals surface area contributed by atoms with Crippen molar-refractivity contribution in [3.63, 3.8) is 0 Å². The predicted molar refractivity (Wildman–Crippen MR) is 78.9 cm³/mol. The van der Waals surface area contributed by atoms with Crippen LogP contribution in [-0.4, -0.2) is 25.3 Å². The zero-order chi connectivity index (χ0) is 14.0. The maximum atomic E-state index is 6.28. The van der Waals surface area contributed by atoms with Crippen molar-refractivity contribution in [3.8, 4) is 0 Å². The summed E-state index contributed by atoms with van der Waals surface area (Å²) in [6, 6.07) is 0.418. The van der Waals surface area contributed by atoms with Crippen molar-refractivity contribution in [3.05, 3.63) is 0 Å². The summed E-state index contributed by atoms with van der Waals surface area (Å²) in [6.07, 6.45) is 4.88. The van der Waals surface area contributed by atoms with Gasteiger partial charge in [-0.2, -0.15) is 0 Å². The molecule has 1 aliphatic rings. The van der Waals surface area contributed by atoms with E-state index in [4.69, 9.17) is 4.74 Å². The number of rotatable bonds is 4. The van der Waals surface area contributed by atoms with Gasteiger partial charge in [0, 0.05) is 12.6 Å². The summed E-state index contributed by atoms with van der Waals surface area (Å²) in [5, 5.41) is 3.54. The van der Waals surface area contributed by atoms with Crippen molar-refractivity contribution in [1.29, 1.82) is 0 Å². The van der Waals surface area contributed by atoms with Gasteiger partial charge in [0.2, 0.25) is 0 Å². The third-order valence-corrected chi connectivity index (χ3v) is 4.56. The SMILES string of the molecule is CCOC1(C(NC)C(C)(C)C)CCC(C)(C)CC1. The van der Waals surface area contributed by atoms with Crippen molar-refractivity contribution in [1.82, 2.24) is 5.32 Å².